The second kappa shape index (κ2) is 13.7. The molecule has 1 aliphatic rings. The lowest BCUT2D eigenvalue weighted by Crippen LogP contribution is -2.40. The molecule has 0 amide bonds. The third-order valence-electron chi connectivity index (χ3n) is 6.26. The summed E-state index contributed by atoms with van der Waals surface area (Å²) in [7, 11) is 2.76. The number of fused-ring (bicyclic) bond motifs is 1. The Morgan fingerprint density at radius 2 is 1.81 bits per heavy atom. The first-order valence-electron chi connectivity index (χ1n) is 13.2. The third kappa shape index (κ3) is 6.90. The van der Waals surface area contributed by atoms with E-state index in [0.29, 0.717) is 37.7 Å². The van der Waals surface area contributed by atoms with E-state index in [0.717, 1.165) is 11.3 Å². The van der Waals surface area contributed by atoms with E-state index in [1.54, 1.807) is 50.3 Å². The Balaban J connectivity index is 1.86. The lowest BCUT2D eigenvalue weighted by Gasteiger charge is -2.25. The smallest absolute Gasteiger partial charge is 0.343 e. The summed E-state index contributed by atoms with van der Waals surface area (Å²) in [5, 5.41) is 0.286. The summed E-state index contributed by atoms with van der Waals surface area (Å²) >= 11 is 13.9. The molecule has 228 valence electrons. The van der Waals surface area contributed by atoms with Crippen molar-refractivity contribution in [2.45, 2.75) is 39.8 Å². The fourth-order valence-corrected chi connectivity index (χ4v) is 6.11. The Kier molecular flexibility index (Phi) is 10.2. The molecule has 0 saturated carbocycles. The van der Waals surface area contributed by atoms with Crippen molar-refractivity contribution in [2.75, 3.05) is 27.4 Å². The van der Waals surface area contributed by atoms with E-state index in [4.69, 9.17) is 42.1 Å². The molecule has 2 heterocycles. The number of thiazole rings is 1. The van der Waals surface area contributed by atoms with Crippen LogP contribution in [0.3, 0.4) is 0 Å². The average molecular weight is 650 g/mol. The first-order chi connectivity index (χ1) is 20.5. The van der Waals surface area contributed by atoms with Crippen molar-refractivity contribution in [1.29, 1.82) is 0 Å². The van der Waals surface area contributed by atoms with Crippen LogP contribution in [-0.2, 0) is 19.1 Å². The summed E-state index contributed by atoms with van der Waals surface area (Å²) in [5.74, 6) is -0.0830. The minimum Gasteiger partial charge on any atom is -0.493 e. The first-order valence-corrected chi connectivity index (χ1v) is 14.8. The van der Waals surface area contributed by atoms with Crippen LogP contribution in [0.5, 0.6) is 17.2 Å². The van der Waals surface area contributed by atoms with Gasteiger partial charge < -0.3 is 23.7 Å². The van der Waals surface area contributed by atoms with Gasteiger partial charge in [-0.25, -0.2) is 14.6 Å². The number of halogens is 2. The third-order valence-corrected chi connectivity index (χ3v) is 7.81. The average Bonchev–Trinajstić information content (AvgIpc) is 3.25. The number of hydrogen-bond donors (Lipinski definition) is 0. The van der Waals surface area contributed by atoms with Crippen LogP contribution >= 0.6 is 34.5 Å². The van der Waals surface area contributed by atoms with Crippen LogP contribution in [0.4, 0.5) is 0 Å². The van der Waals surface area contributed by atoms with E-state index < -0.39 is 18.0 Å². The maximum absolute atomic E-state index is 14.0. The molecule has 1 aliphatic heterocycles. The van der Waals surface area contributed by atoms with Crippen molar-refractivity contribution in [3.63, 3.8) is 0 Å². The number of nitrogens with zero attached hydrogens (tertiary/aromatic N) is 2. The molecule has 0 radical (unpaired) electrons. The van der Waals surface area contributed by atoms with Gasteiger partial charge in [0.05, 0.1) is 58.8 Å². The van der Waals surface area contributed by atoms with Gasteiger partial charge in [0.15, 0.2) is 28.7 Å². The summed E-state index contributed by atoms with van der Waals surface area (Å²) in [6, 6.07) is 7.54. The number of carbonyl (C=O) groups is 2. The zero-order valence-electron chi connectivity index (χ0n) is 24.4. The van der Waals surface area contributed by atoms with Gasteiger partial charge in [-0.05, 0) is 69.2 Å². The SMILES string of the molecule is CCOC(=O)C1=C(C)N=c2s/c(=C\c3cc(Cl)c(OCC(=O)OC)c(Cl)c3)c(=O)n2[C@@H]1c1ccc(OC(C)C)c(OC)c1. The summed E-state index contributed by atoms with van der Waals surface area (Å²) in [5.41, 5.74) is 1.40. The fourth-order valence-electron chi connectivity index (χ4n) is 4.45. The van der Waals surface area contributed by atoms with Crippen molar-refractivity contribution in [1.82, 2.24) is 4.57 Å². The van der Waals surface area contributed by atoms with Gasteiger partial charge in [0, 0.05) is 0 Å². The molecule has 4 rings (SSSR count). The first kappa shape index (κ1) is 32.1. The monoisotopic (exact) mass is 648 g/mol. The van der Waals surface area contributed by atoms with Crippen molar-refractivity contribution in [3.05, 3.63) is 82.5 Å². The summed E-state index contributed by atoms with van der Waals surface area (Å²) in [4.78, 5) is 43.6. The molecular weight excluding hydrogens is 619 g/mol. The Morgan fingerprint density at radius 1 is 1.12 bits per heavy atom. The second-order valence-corrected chi connectivity index (χ2v) is 11.4. The number of esters is 2. The fraction of sp³-hybridized carbons (Fsp3) is 0.333. The van der Waals surface area contributed by atoms with Gasteiger partial charge in [0.1, 0.15) is 0 Å². The van der Waals surface area contributed by atoms with E-state index in [9.17, 15) is 14.4 Å². The highest BCUT2D eigenvalue weighted by molar-refractivity contribution is 7.07. The number of methoxy groups -OCH3 is 2. The van der Waals surface area contributed by atoms with E-state index in [1.165, 1.54) is 18.8 Å². The van der Waals surface area contributed by atoms with Crippen molar-refractivity contribution in [3.8, 4) is 17.2 Å². The molecule has 0 N–H and O–H groups in total. The Hall–Kier alpha value is -3.80. The second-order valence-electron chi connectivity index (χ2n) is 9.56. The topological polar surface area (TPSA) is 115 Å². The van der Waals surface area contributed by atoms with Gasteiger partial charge in [-0.15, -0.1) is 0 Å². The largest absolute Gasteiger partial charge is 0.493 e. The van der Waals surface area contributed by atoms with Crippen LogP contribution in [0.15, 0.2) is 51.4 Å². The van der Waals surface area contributed by atoms with Gasteiger partial charge >= 0.3 is 11.9 Å². The molecule has 0 aliphatic carbocycles. The molecule has 0 fully saturated rings. The van der Waals surface area contributed by atoms with E-state index in [1.807, 2.05) is 13.8 Å². The molecule has 10 nitrogen and oxygen atoms in total. The van der Waals surface area contributed by atoms with Crippen molar-refractivity contribution >= 4 is 52.6 Å². The maximum atomic E-state index is 14.0. The number of allylic oxidation sites excluding steroid dienone is 1. The van der Waals surface area contributed by atoms with Crippen LogP contribution in [0.25, 0.3) is 6.08 Å². The highest BCUT2D eigenvalue weighted by Gasteiger charge is 2.34. The molecule has 0 unspecified atom stereocenters. The zero-order valence-corrected chi connectivity index (χ0v) is 26.7. The molecule has 3 aromatic rings. The summed E-state index contributed by atoms with van der Waals surface area (Å²) in [6.45, 7) is 7.00. The van der Waals surface area contributed by atoms with Gasteiger partial charge in [-0.3, -0.25) is 9.36 Å². The Morgan fingerprint density at radius 3 is 2.42 bits per heavy atom. The summed E-state index contributed by atoms with van der Waals surface area (Å²) < 4.78 is 28.6. The maximum Gasteiger partial charge on any atom is 0.343 e. The Bertz CT molecular complexity index is 1750. The van der Waals surface area contributed by atoms with Gasteiger partial charge in [0.25, 0.3) is 5.56 Å². The van der Waals surface area contributed by atoms with Crippen molar-refractivity contribution in [2.24, 2.45) is 4.99 Å². The number of hydrogen-bond acceptors (Lipinski definition) is 10. The molecule has 0 bridgehead atoms. The van der Waals surface area contributed by atoms with E-state index >= 15 is 0 Å². The normalized spacial score (nSPS) is 14.7. The minimum absolute atomic E-state index is 0.0925. The predicted molar refractivity (Wildman–Crippen MR) is 163 cm³/mol. The number of ether oxygens (including phenoxy) is 5. The molecule has 0 saturated heterocycles. The standard InChI is InChI=1S/C30H30Cl2N2O8S/c1-7-40-29(37)25-16(4)33-30-34(26(25)18-8-9-21(42-15(2)3)22(13-18)38-5)28(36)23(43-30)12-17-10-19(31)27(20(32)11-17)41-14-24(35)39-6/h8-13,15,26H,7,14H2,1-6H3/b23-12-/t26-/m1/s1. The van der Waals surface area contributed by atoms with Crippen LogP contribution in [0.1, 0.15) is 44.9 Å². The number of carbonyl (C=O) groups excluding carboxylic acids is 2. The minimum atomic E-state index is -0.847. The van der Waals surface area contributed by atoms with Gasteiger partial charge in [-0.2, -0.15) is 0 Å². The molecule has 1 atom stereocenters. The van der Waals surface area contributed by atoms with Gasteiger partial charge in [0.2, 0.25) is 0 Å². The molecule has 1 aromatic heterocycles. The number of benzene rings is 2. The Labute approximate surface area is 261 Å². The summed E-state index contributed by atoms with van der Waals surface area (Å²) in [6.07, 6.45) is 1.52. The number of aromatic nitrogens is 1. The van der Waals surface area contributed by atoms with Crippen LogP contribution in [0, 0.1) is 0 Å². The van der Waals surface area contributed by atoms with Crippen LogP contribution in [-0.4, -0.2) is 50.0 Å². The molecule has 13 heteroatoms. The van der Waals surface area contributed by atoms with Crippen LogP contribution < -0.4 is 29.1 Å². The van der Waals surface area contributed by atoms with Crippen LogP contribution in [0.2, 0.25) is 10.0 Å². The highest BCUT2D eigenvalue weighted by atomic mass is 35.5. The van der Waals surface area contributed by atoms with E-state index in [-0.39, 0.29) is 46.2 Å². The lowest BCUT2D eigenvalue weighted by molar-refractivity contribution is -0.143. The molecule has 2 aromatic carbocycles. The predicted octanol–water partition coefficient (Wildman–Crippen LogP) is 4.45. The highest BCUT2D eigenvalue weighted by Crippen LogP contribution is 2.37. The zero-order chi connectivity index (χ0) is 31.4. The quantitative estimate of drug-likeness (QED) is 0.296. The van der Waals surface area contributed by atoms with Gasteiger partial charge in [-0.1, -0.05) is 40.6 Å². The lowest BCUT2D eigenvalue weighted by atomic mass is 9.95. The number of rotatable bonds is 10. The molecule has 43 heavy (non-hydrogen) atoms. The molecule has 0 spiro atoms. The van der Waals surface area contributed by atoms with Crippen molar-refractivity contribution < 1.29 is 33.3 Å². The molecular formula is C30H30Cl2N2O8S. The van der Waals surface area contributed by atoms with E-state index in [2.05, 4.69) is 9.73 Å².